The third-order valence-corrected chi connectivity index (χ3v) is 4.56. The number of rotatable bonds is 8. The molecule has 0 spiro atoms. The van der Waals surface area contributed by atoms with Crippen molar-refractivity contribution in [2.24, 2.45) is 17.6 Å². The SMILES string of the molecule is NC(CCCNC(C1CC1)C1CC1)c1ccccc1. The van der Waals surface area contributed by atoms with Gasteiger partial charge in [0.2, 0.25) is 0 Å². The van der Waals surface area contributed by atoms with E-state index in [2.05, 4.69) is 29.6 Å². The molecule has 19 heavy (non-hydrogen) atoms. The van der Waals surface area contributed by atoms with Crippen molar-refractivity contribution >= 4 is 0 Å². The van der Waals surface area contributed by atoms with Gasteiger partial charge in [-0.15, -0.1) is 0 Å². The van der Waals surface area contributed by atoms with Gasteiger partial charge in [0.05, 0.1) is 0 Å². The van der Waals surface area contributed by atoms with Crippen molar-refractivity contribution in [2.75, 3.05) is 6.54 Å². The third-order valence-electron chi connectivity index (χ3n) is 4.56. The van der Waals surface area contributed by atoms with E-state index in [1.807, 2.05) is 6.07 Å². The molecule has 1 unspecified atom stereocenters. The summed E-state index contributed by atoms with van der Waals surface area (Å²) in [5.41, 5.74) is 7.50. The number of nitrogens with two attached hydrogens (primary N) is 1. The molecule has 0 amide bonds. The Balaban J connectivity index is 1.36. The Morgan fingerprint density at radius 1 is 1.05 bits per heavy atom. The summed E-state index contributed by atoms with van der Waals surface area (Å²) in [7, 11) is 0. The second-order valence-corrected chi connectivity index (χ2v) is 6.31. The van der Waals surface area contributed by atoms with Gasteiger partial charge in [0.1, 0.15) is 0 Å². The number of hydrogen-bond donors (Lipinski definition) is 2. The smallest absolute Gasteiger partial charge is 0.0295 e. The van der Waals surface area contributed by atoms with Crippen LogP contribution in [-0.2, 0) is 0 Å². The predicted octanol–water partition coefficient (Wildman–Crippen LogP) is 3.24. The number of nitrogens with one attached hydrogen (secondary N) is 1. The van der Waals surface area contributed by atoms with Crippen LogP contribution in [0.5, 0.6) is 0 Å². The van der Waals surface area contributed by atoms with E-state index in [1.165, 1.54) is 37.7 Å². The highest BCUT2D eigenvalue weighted by atomic mass is 14.9. The maximum Gasteiger partial charge on any atom is 0.0295 e. The normalized spacial score (nSPS) is 20.7. The van der Waals surface area contributed by atoms with Gasteiger partial charge in [-0.3, -0.25) is 0 Å². The molecule has 1 atom stereocenters. The Hall–Kier alpha value is -0.860. The summed E-state index contributed by atoms with van der Waals surface area (Å²) in [5, 5.41) is 3.79. The summed E-state index contributed by atoms with van der Waals surface area (Å²) in [6.07, 6.45) is 8.09. The van der Waals surface area contributed by atoms with Gasteiger partial charge < -0.3 is 11.1 Å². The van der Waals surface area contributed by atoms with Crippen molar-refractivity contribution in [2.45, 2.75) is 50.6 Å². The average molecular weight is 258 g/mol. The van der Waals surface area contributed by atoms with E-state index in [-0.39, 0.29) is 6.04 Å². The Kier molecular flexibility index (Phi) is 4.19. The van der Waals surface area contributed by atoms with Gasteiger partial charge in [-0.25, -0.2) is 0 Å². The molecule has 2 aliphatic carbocycles. The molecule has 0 heterocycles. The van der Waals surface area contributed by atoms with E-state index in [0.29, 0.717) is 0 Å². The molecule has 2 aliphatic rings. The first kappa shape index (κ1) is 13.1. The monoisotopic (exact) mass is 258 g/mol. The van der Waals surface area contributed by atoms with Crippen LogP contribution in [0.1, 0.15) is 50.1 Å². The van der Waals surface area contributed by atoms with Crippen molar-refractivity contribution in [3.05, 3.63) is 35.9 Å². The summed E-state index contributed by atoms with van der Waals surface area (Å²) >= 11 is 0. The molecule has 2 nitrogen and oxygen atoms in total. The minimum atomic E-state index is 0.197. The molecule has 1 aromatic carbocycles. The quantitative estimate of drug-likeness (QED) is 0.702. The summed E-state index contributed by atoms with van der Waals surface area (Å²) in [5.74, 6) is 1.99. The minimum Gasteiger partial charge on any atom is -0.324 e. The Morgan fingerprint density at radius 3 is 2.26 bits per heavy atom. The molecule has 0 bridgehead atoms. The van der Waals surface area contributed by atoms with Crippen LogP contribution in [0.15, 0.2) is 30.3 Å². The van der Waals surface area contributed by atoms with Gasteiger partial charge in [0.25, 0.3) is 0 Å². The molecule has 2 fully saturated rings. The predicted molar refractivity (Wildman–Crippen MR) is 79.8 cm³/mol. The second-order valence-electron chi connectivity index (χ2n) is 6.31. The van der Waals surface area contributed by atoms with Crippen LogP contribution in [0.2, 0.25) is 0 Å². The summed E-state index contributed by atoms with van der Waals surface area (Å²) in [6, 6.07) is 11.5. The van der Waals surface area contributed by atoms with Crippen LogP contribution in [0.4, 0.5) is 0 Å². The molecule has 0 aromatic heterocycles. The molecule has 0 radical (unpaired) electrons. The zero-order valence-corrected chi connectivity index (χ0v) is 11.7. The Bertz CT molecular complexity index is 370. The van der Waals surface area contributed by atoms with Crippen molar-refractivity contribution in [3.63, 3.8) is 0 Å². The average Bonchev–Trinajstić information content (AvgIpc) is 3.32. The zero-order valence-electron chi connectivity index (χ0n) is 11.7. The highest BCUT2D eigenvalue weighted by Gasteiger charge is 2.40. The highest BCUT2D eigenvalue weighted by molar-refractivity contribution is 5.18. The zero-order chi connectivity index (χ0) is 13.1. The molecule has 0 aliphatic heterocycles. The van der Waals surface area contributed by atoms with Crippen molar-refractivity contribution in [1.82, 2.24) is 5.32 Å². The van der Waals surface area contributed by atoms with Crippen molar-refractivity contribution in [3.8, 4) is 0 Å². The maximum absolute atomic E-state index is 6.23. The Labute approximate surface area is 116 Å². The molecule has 3 rings (SSSR count). The van der Waals surface area contributed by atoms with Gasteiger partial charge >= 0.3 is 0 Å². The lowest BCUT2D eigenvalue weighted by Crippen LogP contribution is -2.34. The second kappa shape index (κ2) is 6.06. The van der Waals surface area contributed by atoms with Crippen LogP contribution in [0.3, 0.4) is 0 Å². The minimum absolute atomic E-state index is 0.197. The van der Waals surface area contributed by atoms with Crippen LogP contribution >= 0.6 is 0 Å². The Morgan fingerprint density at radius 2 is 1.68 bits per heavy atom. The standard InChI is InChI=1S/C17H26N2/c18-16(13-5-2-1-3-6-13)7-4-12-19-17(14-8-9-14)15-10-11-15/h1-3,5-6,14-17,19H,4,7-12,18H2. The first-order valence-corrected chi connectivity index (χ1v) is 7.88. The fraction of sp³-hybridized carbons (Fsp3) is 0.647. The molecule has 104 valence electrons. The first-order chi connectivity index (χ1) is 9.34. The largest absolute Gasteiger partial charge is 0.324 e. The van der Waals surface area contributed by atoms with E-state index in [4.69, 9.17) is 5.73 Å². The van der Waals surface area contributed by atoms with Crippen LogP contribution in [0.25, 0.3) is 0 Å². The van der Waals surface area contributed by atoms with E-state index in [1.54, 1.807) is 0 Å². The summed E-state index contributed by atoms with van der Waals surface area (Å²) in [4.78, 5) is 0. The third kappa shape index (κ3) is 3.80. The van der Waals surface area contributed by atoms with Gasteiger partial charge in [0, 0.05) is 12.1 Å². The van der Waals surface area contributed by atoms with E-state index in [9.17, 15) is 0 Å². The molecule has 0 saturated heterocycles. The fourth-order valence-corrected chi connectivity index (χ4v) is 3.09. The van der Waals surface area contributed by atoms with Crippen LogP contribution in [0, 0.1) is 11.8 Å². The van der Waals surface area contributed by atoms with Crippen LogP contribution < -0.4 is 11.1 Å². The molecule has 1 aromatic rings. The summed E-state index contributed by atoms with van der Waals surface area (Å²) in [6.45, 7) is 1.14. The number of hydrogen-bond acceptors (Lipinski definition) is 2. The fourth-order valence-electron chi connectivity index (χ4n) is 3.09. The van der Waals surface area contributed by atoms with Gasteiger partial charge in [-0.05, 0) is 62.5 Å². The number of benzene rings is 1. The van der Waals surface area contributed by atoms with Gasteiger partial charge in [0.15, 0.2) is 0 Å². The lowest BCUT2D eigenvalue weighted by molar-refractivity contribution is 0.407. The maximum atomic E-state index is 6.23. The molecular weight excluding hydrogens is 232 g/mol. The van der Waals surface area contributed by atoms with Gasteiger partial charge in [-0.2, -0.15) is 0 Å². The van der Waals surface area contributed by atoms with Gasteiger partial charge in [-0.1, -0.05) is 30.3 Å². The van der Waals surface area contributed by atoms with Crippen molar-refractivity contribution in [1.29, 1.82) is 0 Å². The molecular formula is C17H26N2. The molecule has 2 saturated carbocycles. The lowest BCUT2D eigenvalue weighted by Gasteiger charge is -2.18. The molecule has 3 N–H and O–H groups in total. The van der Waals surface area contributed by atoms with E-state index < -0.39 is 0 Å². The topological polar surface area (TPSA) is 38.0 Å². The first-order valence-electron chi connectivity index (χ1n) is 7.88. The molecule has 2 heteroatoms. The summed E-state index contributed by atoms with van der Waals surface area (Å²) < 4.78 is 0. The van der Waals surface area contributed by atoms with E-state index in [0.717, 1.165) is 30.8 Å². The van der Waals surface area contributed by atoms with Crippen LogP contribution in [-0.4, -0.2) is 12.6 Å². The van der Waals surface area contributed by atoms with Crippen molar-refractivity contribution < 1.29 is 0 Å². The lowest BCUT2D eigenvalue weighted by atomic mass is 10.0. The van der Waals surface area contributed by atoms with E-state index >= 15 is 0 Å². The highest BCUT2D eigenvalue weighted by Crippen LogP contribution is 2.44.